The number of rotatable bonds is 5. The van der Waals surface area contributed by atoms with Gasteiger partial charge in [-0.1, -0.05) is 29.5 Å². The number of ether oxygens (including phenoxy) is 2. The number of hydrogen-bond acceptors (Lipinski definition) is 5. The smallest absolute Gasteiger partial charge is 0.416 e. The van der Waals surface area contributed by atoms with E-state index >= 15 is 0 Å². The standard InChI is InChI=1S/C21H19F3N4O3/c1-30-16-8-4-14(5-9-16)18-11-28-17(12-31-18)19(26-27-28)20(29)25-10-13-2-6-15(7-3-13)21(22,23)24/h2-9,18H,10-12H2,1H3,(H,25,29). The number of amides is 1. The van der Waals surface area contributed by atoms with Crippen LogP contribution in [0.2, 0.25) is 0 Å². The Labute approximate surface area is 175 Å². The Kier molecular flexibility index (Phi) is 5.64. The molecule has 3 aromatic rings. The molecule has 1 amide bonds. The van der Waals surface area contributed by atoms with Crippen LogP contribution in [-0.2, 0) is 30.6 Å². The summed E-state index contributed by atoms with van der Waals surface area (Å²) in [5, 5.41) is 10.7. The first kappa shape index (κ1) is 20.9. The molecule has 1 unspecified atom stereocenters. The van der Waals surface area contributed by atoms with E-state index in [0.29, 0.717) is 17.8 Å². The van der Waals surface area contributed by atoms with Gasteiger partial charge in [-0.2, -0.15) is 13.2 Å². The highest BCUT2D eigenvalue weighted by molar-refractivity contribution is 5.93. The Morgan fingerprint density at radius 3 is 2.55 bits per heavy atom. The van der Waals surface area contributed by atoms with Crippen molar-refractivity contribution in [2.75, 3.05) is 7.11 Å². The molecule has 4 rings (SSSR count). The number of halogens is 3. The van der Waals surface area contributed by atoms with Crippen LogP contribution in [-0.4, -0.2) is 28.0 Å². The summed E-state index contributed by atoms with van der Waals surface area (Å²) in [7, 11) is 1.60. The van der Waals surface area contributed by atoms with Gasteiger partial charge in [0.25, 0.3) is 5.91 Å². The lowest BCUT2D eigenvalue weighted by Gasteiger charge is -2.24. The first-order chi connectivity index (χ1) is 14.8. The molecule has 10 heteroatoms. The van der Waals surface area contributed by atoms with Crippen LogP contribution < -0.4 is 10.1 Å². The topological polar surface area (TPSA) is 78.3 Å². The van der Waals surface area contributed by atoms with E-state index in [2.05, 4.69) is 15.6 Å². The van der Waals surface area contributed by atoms with E-state index in [1.54, 1.807) is 11.8 Å². The van der Waals surface area contributed by atoms with Crippen molar-refractivity contribution in [1.82, 2.24) is 20.3 Å². The molecule has 1 aliphatic heterocycles. The number of fused-ring (bicyclic) bond motifs is 1. The van der Waals surface area contributed by atoms with Gasteiger partial charge in [0.15, 0.2) is 5.69 Å². The largest absolute Gasteiger partial charge is 0.497 e. The van der Waals surface area contributed by atoms with Crippen molar-refractivity contribution in [3.8, 4) is 5.75 Å². The number of nitrogens with zero attached hydrogens (tertiary/aromatic N) is 3. The maximum absolute atomic E-state index is 12.6. The number of carbonyl (C=O) groups is 1. The first-order valence-electron chi connectivity index (χ1n) is 9.47. The highest BCUT2D eigenvalue weighted by Crippen LogP contribution is 2.29. The molecule has 0 saturated carbocycles. The van der Waals surface area contributed by atoms with Crippen molar-refractivity contribution in [3.63, 3.8) is 0 Å². The van der Waals surface area contributed by atoms with Crippen LogP contribution in [0.15, 0.2) is 48.5 Å². The third-order valence-corrected chi connectivity index (χ3v) is 5.03. The summed E-state index contributed by atoms with van der Waals surface area (Å²) in [6.07, 6.45) is -4.63. The Balaban J connectivity index is 1.39. The van der Waals surface area contributed by atoms with Crippen LogP contribution >= 0.6 is 0 Å². The fourth-order valence-corrected chi connectivity index (χ4v) is 3.29. The van der Waals surface area contributed by atoms with Crippen molar-refractivity contribution < 1.29 is 27.4 Å². The van der Waals surface area contributed by atoms with Crippen molar-refractivity contribution in [3.05, 3.63) is 76.6 Å². The Morgan fingerprint density at radius 2 is 1.90 bits per heavy atom. The van der Waals surface area contributed by atoms with E-state index in [4.69, 9.17) is 9.47 Å². The number of hydrogen-bond donors (Lipinski definition) is 1. The highest BCUT2D eigenvalue weighted by Gasteiger charge is 2.30. The minimum Gasteiger partial charge on any atom is -0.497 e. The van der Waals surface area contributed by atoms with Crippen LogP contribution in [0.4, 0.5) is 13.2 Å². The van der Waals surface area contributed by atoms with Gasteiger partial charge in [0.05, 0.1) is 31.5 Å². The lowest BCUT2D eigenvalue weighted by atomic mass is 10.1. The van der Waals surface area contributed by atoms with Crippen LogP contribution in [0.3, 0.4) is 0 Å². The summed E-state index contributed by atoms with van der Waals surface area (Å²) < 4.78 is 50.6. The molecular formula is C21H19F3N4O3. The van der Waals surface area contributed by atoms with Gasteiger partial charge in [0, 0.05) is 6.54 Å². The lowest BCUT2D eigenvalue weighted by molar-refractivity contribution is -0.137. The molecule has 162 valence electrons. The normalized spacial score (nSPS) is 15.9. The molecule has 1 aliphatic rings. The van der Waals surface area contributed by atoms with E-state index in [-0.39, 0.29) is 24.9 Å². The van der Waals surface area contributed by atoms with Crippen molar-refractivity contribution in [1.29, 1.82) is 0 Å². The zero-order valence-electron chi connectivity index (χ0n) is 16.5. The fraction of sp³-hybridized carbons (Fsp3) is 0.286. The SMILES string of the molecule is COc1ccc(C2Cn3nnc(C(=O)NCc4ccc(C(F)(F)F)cc4)c3CO2)cc1. The predicted molar refractivity (Wildman–Crippen MR) is 103 cm³/mol. The third-order valence-electron chi connectivity index (χ3n) is 5.03. The molecule has 0 aliphatic carbocycles. The Morgan fingerprint density at radius 1 is 1.19 bits per heavy atom. The summed E-state index contributed by atoms with van der Waals surface area (Å²) in [5.41, 5.74) is 1.45. The summed E-state index contributed by atoms with van der Waals surface area (Å²) in [6, 6.07) is 12.1. The molecule has 2 heterocycles. The second-order valence-electron chi connectivity index (χ2n) is 7.02. The van der Waals surface area contributed by atoms with Crippen molar-refractivity contribution >= 4 is 5.91 Å². The molecule has 2 aromatic carbocycles. The number of nitrogens with one attached hydrogen (secondary N) is 1. The molecular weight excluding hydrogens is 413 g/mol. The van der Waals surface area contributed by atoms with Crippen LogP contribution in [0.5, 0.6) is 5.75 Å². The van der Waals surface area contributed by atoms with E-state index in [1.807, 2.05) is 24.3 Å². The van der Waals surface area contributed by atoms with Crippen LogP contribution in [0.25, 0.3) is 0 Å². The minimum atomic E-state index is -4.40. The van der Waals surface area contributed by atoms with Gasteiger partial charge in [-0.25, -0.2) is 4.68 Å². The van der Waals surface area contributed by atoms with Gasteiger partial charge < -0.3 is 14.8 Å². The van der Waals surface area contributed by atoms with Gasteiger partial charge in [0.2, 0.25) is 0 Å². The average Bonchev–Trinajstić information content (AvgIpc) is 3.20. The van der Waals surface area contributed by atoms with Crippen LogP contribution in [0, 0.1) is 0 Å². The average molecular weight is 432 g/mol. The quantitative estimate of drug-likeness (QED) is 0.668. The van der Waals surface area contributed by atoms with Gasteiger partial charge in [-0.3, -0.25) is 4.79 Å². The van der Waals surface area contributed by atoms with Gasteiger partial charge in [-0.05, 0) is 35.4 Å². The summed E-state index contributed by atoms with van der Waals surface area (Å²) >= 11 is 0. The van der Waals surface area contributed by atoms with E-state index in [0.717, 1.165) is 23.4 Å². The lowest BCUT2D eigenvalue weighted by Crippen LogP contribution is -2.27. The van der Waals surface area contributed by atoms with Gasteiger partial charge in [-0.15, -0.1) is 5.10 Å². The molecule has 0 spiro atoms. The summed E-state index contributed by atoms with van der Waals surface area (Å²) in [6.45, 7) is 0.631. The molecule has 1 atom stereocenters. The van der Waals surface area contributed by atoms with E-state index in [9.17, 15) is 18.0 Å². The molecule has 1 N–H and O–H groups in total. The number of alkyl halides is 3. The molecule has 7 nitrogen and oxygen atoms in total. The minimum absolute atomic E-state index is 0.0681. The van der Waals surface area contributed by atoms with Crippen molar-refractivity contribution in [2.45, 2.75) is 32.0 Å². The Bertz CT molecular complexity index is 1060. The zero-order valence-corrected chi connectivity index (χ0v) is 16.5. The summed E-state index contributed by atoms with van der Waals surface area (Å²) in [5.74, 6) is 0.278. The maximum atomic E-state index is 12.6. The molecule has 0 fully saturated rings. The first-order valence-corrected chi connectivity index (χ1v) is 9.47. The molecule has 0 radical (unpaired) electrons. The maximum Gasteiger partial charge on any atom is 0.416 e. The Hall–Kier alpha value is -3.40. The van der Waals surface area contributed by atoms with E-state index < -0.39 is 17.6 Å². The molecule has 0 saturated heterocycles. The van der Waals surface area contributed by atoms with Crippen molar-refractivity contribution in [2.24, 2.45) is 0 Å². The second-order valence-corrected chi connectivity index (χ2v) is 7.02. The number of benzene rings is 2. The monoisotopic (exact) mass is 432 g/mol. The number of methoxy groups -OCH3 is 1. The zero-order chi connectivity index (χ0) is 22.0. The van der Waals surface area contributed by atoms with Gasteiger partial charge in [0.1, 0.15) is 11.9 Å². The number of aromatic nitrogens is 3. The molecule has 1 aromatic heterocycles. The highest BCUT2D eigenvalue weighted by atomic mass is 19.4. The summed E-state index contributed by atoms with van der Waals surface area (Å²) in [4.78, 5) is 12.5. The third kappa shape index (κ3) is 4.53. The van der Waals surface area contributed by atoms with Crippen LogP contribution in [0.1, 0.15) is 39.0 Å². The van der Waals surface area contributed by atoms with E-state index in [1.165, 1.54) is 12.1 Å². The number of carbonyl (C=O) groups excluding carboxylic acids is 1. The fourth-order valence-electron chi connectivity index (χ4n) is 3.29. The predicted octanol–water partition coefficient (Wildman–Crippen LogP) is 3.51. The van der Waals surface area contributed by atoms with Gasteiger partial charge >= 0.3 is 6.18 Å². The second kappa shape index (κ2) is 8.38. The molecule has 0 bridgehead atoms. The molecule has 31 heavy (non-hydrogen) atoms.